The molecule has 3 heterocycles. The third kappa shape index (κ3) is 3.73. The molecule has 27 heavy (non-hydrogen) atoms. The summed E-state index contributed by atoms with van der Waals surface area (Å²) in [5.41, 5.74) is 12.5. The fourth-order valence-corrected chi connectivity index (χ4v) is 5.51. The highest BCUT2D eigenvalue weighted by Crippen LogP contribution is 2.48. The fraction of sp³-hybridized carbons (Fsp3) is 0.526. The average Bonchev–Trinajstić information content (AvgIpc) is 2.93. The number of hydrogen-bond donors (Lipinski definition) is 2. The van der Waals surface area contributed by atoms with Crippen molar-refractivity contribution >= 4 is 35.0 Å². The minimum absolute atomic E-state index is 0.327. The molecule has 1 saturated heterocycles. The second-order valence-electron chi connectivity index (χ2n) is 7.82. The van der Waals surface area contributed by atoms with Gasteiger partial charge in [-0.25, -0.2) is 15.0 Å². The lowest BCUT2D eigenvalue weighted by Crippen LogP contribution is -2.47. The van der Waals surface area contributed by atoms with Crippen LogP contribution in [0.15, 0.2) is 34.6 Å². The van der Waals surface area contributed by atoms with Crippen molar-refractivity contribution in [3.05, 3.63) is 29.7 Å². The second-order valence-corrected chi connectivity index (χ2v) is 9.26. The molecule has 1 spiro atoms. The summed E-state index contributed by atoms with van der Waals surface area (Å²) in [6.45, 7) is 4.31. The molecule has 0 aromatic carbocycles. The Morgan fingerprint density at radius 3 is 2.63 bits per heavy atom. The van der Waals surface area contributed by atoms with Gasteiger partial charge in [0.2, 0.25) is 0 Å². The predicted molar refractivity (Wildman–Crippen MR) is 110 cm³/mol. The van der Waals surface area contributed by atoms with Crippen molar-refractivity contribution in [3.8, 4) is 0 Å². The normalized spacial score (nSPS) is 24.5. The van der Waals surface area contributed by atoms with Gasteiger partial charge in [-0.2, -0.15) is 0 Å². The van der Waals surface area contributed by atoms with Gasteiger partial charge in [0.25, 0.3) is 0 Å². The van der Waals surface area contributed by atoms with E-state index < -0.39 is 0 Å². The minimum atomic E-state index is 0.327. The Morgan fingerprint density at radius 1 is 1.22 bits per heavy atom. The number of piperidine rings is 1. The molecule has 2 aromatic heterocycles. The first-order valence-corrected chi connectivity index (χ1v) is 10.6. The number of hydrogen-bond acceptors (Lipinski definition) is 7. The maximum atomic E-state index is 6.46. The van der Waals surface area contributed by atoms with Crippen LogP contribution in [-0.2, 0) is 0 Å². The molecule has 0 radical (unpaired) electrons. The topological polar surface area (TPSA) is 94.0 Å². The van der Waals surface area contributed by atoms with Crippen molar-refractivity contribution in [3.63, 3.8) is 0 Å². The van der Waals surface area contributed by atoms with Crippen molar-refractivity contribution < 1.29 is 0 Å². The lowest BCUT2D eigenvalue weighted by atomic mass is 9.74. The van der Waals surface area contributed by atoms with Crippen LogP contribution in [0.4, 0.5) is 11.6 Å². The maximum absolute atomic E-state index is 6.46. The number of nitrogen functional groups attached to an aromatic ring is 1. The maximum Gasteiger partial charge on any atom is 0.147 e. The van der Waals surface area contributed by atoms with Gasteiger partial charge in [-0.3, -0.25) is 0 Å². The minimum Gasteiger partial charge on any atom is -0.382 e. The number of pyridine rings is 1. The van der Waals surface area contributed by atoms with Crippen LogP contribution in [0.1, 0.15) is 32.6 Å². The van der Waals surface area contributed by atoms with E-state index in [-0.39, 0.29) is 0 Å². The molecule has 6 nitrogen and oxygen atoms in total. The zero-order valence-electron chi connectivity index (χ0n) is 15.4. The van der Waals surface area contributed by atoms with Crippen LogP contribution in [0.2, 0.25) is 5.02 Å². The highest BCUT2D eigenvalue weighted by atomic mass is 35.5. The van der Waals surface area contributed by atoms with Crippen LogP contribution in [-0.4, -0.2) is 34.1 Å². The van der Waals surface area contributed by atoms with Gasteiger partial charge in [-0.05, 0) is 43.1 Å². The first-order valence-electron chi connectivity index (χ1n) is 9.37. The average molecular weight is 405 g/mol. The SMILES string of the molecule is C[C@H]1C[C@@H](N)C2(CCN(c3cnc(Sc4ccnc(N)c4Cl)cn3)CC2)C1. The Labute approximate surface area is 169 Å². The highest BCUT2D eigenvalue weighted by molar-refractivity contribution is 7.99. The molecular formula is C19H25ClN6S. The van der Waals surface area contributed by atoms with E-state index in [4.69, 9.17) is 23.1 Å². The van der Waals surface area contributed by atoms with E-state index in [0.717, 1.165) is 54.0 Å². The summed E-state index contributed by atoms with van der Waals surface area (Å²) in [6, 6.07) is 2.17. The quantitative estimate of drug-likeness (QED) is 0.806. The van der Waals surface area contributed by atoms with Crippen LogP contribution < -0.4 is 16.4 Å². The van der Waals surface area contributed by atoms with Crippen LogP contribution in [0.5, 0.6) is 0 Å². The van der Waals surface area contributed by atoms with Crippen molar-refractivity contribution in [1.29, 1.82) is 0 Å². The van der Waals surface area contributed by atoms with E-state index in [1.54, 1.807) is 12.4 Å². The Balaban J connectivity index is 1.41. The Hall–Kier alpha value is -1.57. The molecule has 0 amide bonds. The van der Waals surface area contributed by atoms with Gasteiger partial charge in [0.15, 0.2) is 0 Å². The number of aromatic nitrogens is 3. The van der Waals surface area contributed by atoms with Crippen molar-refractivity contribution in [2.75, 3.05) is 23.7 Å². The van der Waals surface area contributed by atoms with E-state index in [2.05, 4.69) is 26.8 Å². The van der Waals surface area contributed by atoms with E-state index >= 15 is 0 Å². The summed E-state index contributed by atoms with van der Waals surface area (Å²) in [4.78, 5) is 16.3. The van der Waals surface area contributed by atoms with E-state index in [0.29, 0.717) is 22.3 Å². The summed E-state index contributed by atoms with van der Waals surface area (Å²) < 4.78 is 0. The molecule has 0 bridgehead atoms. The molecule has 144 valence electrons. The summed E-state index contributed by atoms with van der Waals surface area (Å²) >= 11 is 7.64. The molecule has 4 rings (SSSR count). The largest absolute Gasteiger partial charge is 0.382 e. The predicted octanol–water partition coefficient (Wildman–Crippen LogP) is 3.60. The lowest BCUT2D eigenvalue weighted by molar-refractivity contribution is 0.192. The van der Waals surface area contributed by atoms with Gasteiger partial charge in [-0.1, -0.05) is 30.3 Å². The van der Waals surface area contributed by atoms with E-state index in [1.165, 1.54) is 18.2 Å². The first-order chi connectivity index (χ1) is 13.0. The molecule has 1 aliphatic carbocycles. The highest BCUT2D eigenvalue weighted by Gasteiger charge is 2.45. The van der Waals surface area contributed by atoms with Gasteiger partial charge in [-0.15, -0.1) is 0 Å². The molecule has 8 heteroatoms. The molecule has 2 fully saturated rings. The smallest absolute Gasteiger partial charge is 0.147 e. The number of rotatable bonds is 3. The number of nitrogens with zero attached hydrogens (tertiary/aromatic N) is 4. The van der Waals surface area contributed by atoms with Crippen molar-refractivity contribution in [1.82, 2.24) is 15.0 Å². The Morgan fingerprint density at radius 2 is 2.00 bits per heavy atom. The van der Waals surface area contributed by atoms with E-state index in [1.807, 2.05) is 12.3 Å². The molecule has 4 N–H and O–H groups in total. The van der Waals surface area contributed by atoms with Gasteiger partial charge in [0.05, 0.1) is 17.4 Å². The molecule has 1 saturated carbocycles. The molecular weight excluding hydrogens is 380 g/mol. The second kappa shape index (κ2) is 7.45. The summed E-state index contributed by atoms with van der Waals surface area (Å²) in [7, 11) is 0. The lowest BCUT2D eigenvalue weighted by Gasteiger charge is -2.42. The number of anilines is 2. The van der Waals surface area contributed by atoms with Crippen LogP contribution in [0.25, 0.3) is 0 Å². The molecule has 2 aromatic rings. The summed E-state index contributed by atoms with van der Waals surface area (Å²) in [6.07, 6.45) is 9.98. The summed E-state index contributed by atoms with van der Waals surface area (Å²) in [5, 5.41) is 1.24. The first kappa shape index (κ1) is 18.8. The fourth-order valence-electron chi connectivity index (χ4n) is 4.53. The zero-order valence-corrected chi connectivity index (χ0v) is 17.0. The monoisotopic (exact) mass is 404 g/mol. The summed E-state index contributed by atoms with van der Waals surface area (Å²) in [5.74, 6) is 2.00. The van der Waals surface area contributed by atoms with Gasteiger partial charge in [0.1, 0.15) is 16.7 Å². The van der Waals surface area contributed by atoms with Gasteiger partial charge < -0.3 is 16.4 Å². The number of nitrogens with two attached hydrogens (primary N) is 2. The molecule has 2 atom stereocenters. The molecule has 2 aliphatic rings. The number of halogens is 1. The Bertz CT molecular complexity index is 806. The van der Waals surface area contributed by atoms with Gasteiger partial charge in [0, 0.05) is 30.2 Å². The standard InChI is InChI=1S/C19H25ClN6S/c1-12-8-14(21)19(9-12)3-6-26(7-4-19)15-10-25-16(11-24-15)27-13-2-5-23-18(22)17(13)20/h2,5,10-12,14H,3-4,6-9,21H2,1H3,(H2,22,23)/t12-,14+/m0/s1. The van der Waals surface area contributed by atoms with Crippen LogP contribution in [0.3, 0.4) is 0 Å². The van der Waals surface area contributed by atoms with Crippen LogP contribution >= 0.6 is 23.4 Å². The Kier molecular flexibility index (Phi) is 5.18. The van der Waals surface area contributed by atoms with Crippen molar-refractivity contribution in [2.24, 2.45) is 17.1 Å². The van der Waals surface area contributed by atoms with Crippen LogP contribution in [0, 0.1) is 11.3 Å². The van der Waals surface area contributed by atoms with Crippen molar-refractivity contribution in [2.45, 2.75) is 48.6 Å². The van der Waals surface area contributed by atoms with Gasteiger partial charge >= 0.3 is 0 Å². The van der Waals surface area contributed by atoms with E-state index in [9.17, 15) is 0 Å². The molecule has 0 unspecified atom stereocenters. The zero-order chi connectivity index (χ0) is 19.0. The third-order valence-electron chi connectivity index (χ3n) is 5.99. The molecule has 1 aliphatic heterocycles. The third-order valence-corrected chi connectivity index (χ3v) is 7.48.